The van der Waals surface area contributed by atoms with Gasteiger partial charge in [0.2, 0.25) is 17.6 Å². The van der Waals surface area contributed by atoms with Crippen LogP contribution in [-0.4, -0.2) is 34.7 Å². The number of halogens is 1. The minimum absolute atomic E-state index is 0.131. The molecule has 4 aromatic rings. The molecule has 2 fully saturated rings. The lowest BCUT2D eigenvalue weighted by Crippen LogP contribution is -2.32. The number of anilines is 1. The molecule has 2 heterocycles. The maximum absolute atomic E-state index is 13.4. The fourth-order valence-corrected chi connectivity index (χ4v) is 7.17. The van der Waals surface area contributed by atoms with Crippen LogP contribution in [0.25, 0.3) is 22.2 Å². The molecule has 2 bridgehead atoms. The lowest BCUT2D eigenvalue weighted by Gasteiger charge is -2.19. The van der Waals surface area contributed by atoms with Crippen molar-refractivity contribution in [3.63, 3.8) is 0 Å². The van der Waals surface area contributed by atoms with Gasteiger partial charge in [0, 0.05) is 16.5 Å². The molecule has 2 amide bonds. The smallest absolute Gasteiger partial charge is 0.339 e. The summed E-state index contributed by atoms with van der Waals surface area (Å²) >= 11 is 6.50. The Morgan fingerprint density at radius 2 is 1.67 bits per heavy atom. The molecule has 214 valence electrons. The highest BCUT2D eigenvalue weighted by molar-refractivity contribution is 6.35. The number of carbonyl (C=O) groups is 4. The number of esters is 1. The first-order valence-corrected chi connectivity index (χ1v) is 14.7. The predicted octanol–water partition coefficient (Wildman–Crippen LogP) is 6.69. The Morgan fingerprint density at radius 3 is 2.42 bits per heavy atom. The summed E-state index contributed by atoms with van der Waals surface area (Å²) in [6.45, 7) is 3.59. The number of rotatable bonds is 6. The number of fused-ring (bicyclic) bond motifs is 6. The van der Waals surface area contributed by atoms with Crippen molar-refractivity contribution in [3.8, 4) is 11.3 Å². The van der Waals surface area contributed by atoms with Crippen molar-refractivity contribution < 1.29 is 23.9 Å². The zero-order chi connectivity index (χ0) is 30.0. The van der Waals surface area contributed by atoms with E-state index in [0.717, 1.165) is 6.42 Å². The van der Waals surface area contributed by atoms with Gasteiger partial charge in [0.25, 0.3) is 0 Å². The van der Waals surface area contributed by atoms with E-state index in [-0.39, 0.29) is 46.8 Å². The van der Waals surface area contributed by atoms with Crippen molar-refractivity contribution in [1.82, 2.24) is 4.98 Å². The number of pyridine rings is 1. The number of carbonyl (C=O) groups excluding carboxylic acids is 4. The minimum Gasteiger partial charge on any atom is -0.451 e. The summed E-state index contributed by atoms with van der Waals surface area (Å²) in [6, 6.07) is 22.4. The first-order valence-electron chi connectivity index (χ1n) is 14.3. The Labute approximate surface area is 253 Å². The van der Waals surface area contributed by atoms with Crippen LogP contribution < -0.4 is 4.90 Å². The Bertz CT molecular complexity index is 1870. The van der Waals surface area contributed by atoms with Crippen molar-refractivity contribution >= 4 is 51.8 Å². The van der Waals surface area contributed by atoms with E-state index in [9.17, 15) is 19.2 Å². The number of allylic oxidation sites excluding steroid dienone is 2. The largest absolute Gasteiger partial charge is 0.451 e. The van der Waals surface area contributed by atoms with E-state index < -0.39 is 12.1 Å². The summed E-state index contributed by atoms with van der Waals surface area (Å²) in [7, 11) is 0. The van der Waals surface area contributed by atoms with Crippen LogP contribution in [0.1, 0.15) is 41.0 Å². The highest BCUT2D eigenvalue weighted by atomic mass is 35.5. The average Bonchev–Trinajstić information content (AvgIpc) is 3.66. The fourth-order valence-electron chi connectivity index (χ4n) is 6.96. The minimum atomic E-state index is -1.01. The standard InChI is InChI=1S/C35H27ClN2O5/c1-18-15-22-16-25(18)30-29(22)33(40)38(34(30)41)23-13-11-20(12-14-23)28-17-26(24-9-6-10-27(36)31(24)37-28)35(42)43-19(2)32(39)21-7-4-3-5-8-21/h3-15,17,19,22,25,29-30H,16H2,1-2H3. The van der Waals surface area contributed by atoms with E-state index in [1.54, 1.807) is 79.7 Å². The number of aromatic nitrogens is 1. The van der Waals surface area contributed by atoms with E-state index in [4.69, 9.17) is 21.3 Å². The van der Waals surface area contributed by atoms with Crippen molar-refractivity contribution in [2.24, 2.45) is 23.7 Å². The lowest BCUT2D eigenvalue weighted by molar-refractivity contribution is -0.123. The molecule has 3 aliphatic rings. The van der Waals surface area contributed by atoms with Crippen LogP contribution in [0.2, 0.25) is 5.02 Å². The normalized spacial score (nSPS) is 23.0. The van der Waals surface area contributed by atoms with Gasteiger partial charge >= 0.3 is 5.97 Å². The van der Waals surface area contributed by atoms with Crippen LogP contribution in [0.4, 0.5) is 5.69 Å². The van der Waals surface area contributed by atoms with Gasteiger partial charge in [-0.2, -0.15) is 0 Å². The van der Waals surface area contributed by atoms with Crippen LogP contribution in [0.3, 0.4) is 0 Å². The molecule has 0 radical (unpaired) electrons. The number of imide groups is 1. The number of nitrogens with zero attached hydrogens (tertiary/aromatic N) is 2. The SMILES string of the molecule is CC1=CC2CC1C1C(=O)N(c3ccc(-c4cc(C(=O)OC(C)C(=O)c5ccccc5)c5cccc(Cl)c5n4)cc3)C(=O)C21. The summed E-state index contributed by atoms with van der Waals surface area (Å²) in [4.78, 5) is 59.1. The Hall–Kier alpha value is -4.62. The van der Waals surface area contributed by atoms with E-state index >= 15 is 0 Å². The molecule has 7 nitrogen and oxygen atoms in total. The molecule has 0 N–H and O–H groups in total. The molecule has 2 aliphatic carbocycles. The lowest BCUT2D eigenvalue weighted by atomic mass is 9.82. The number of hydrogen-bond donors (Lipinski definition) is 0. The van der Waals surface area contributed by atoms with Gasteiger partial charge in [0.05, 0.1) is 39.3 Å². The summed E-state index contributed by atoms with van der Waals surface area (Å²) in [5, 5.41) is 0.854. The molecule has 1 saturated heterocycles. The quantitative estimate of drug-likeness (QED) is 0.108. The van der Waals surface area contributed by atoms with Crippen LogP contribution in [0.15, 0.2) is 90.5 Å². The number of amides is 2. The number of para-hydroxylation sites is 1. The van der Waals surface area contributed by atoms with Crippen LogP contribution in [0, 0.1) is 23.7 Å². The Morgan fingerprint density at radius 1 is 0.953 bits per heavy atom. The van der Waals surface area contributed by atoms with Gasteiger partial charge < -0.3 is 4.74 Å². The van der Waals surface area contributed by atoms with Crippen LogP contribution in [-0.2, 0) is 14.3 Å². The molecule has 5 unspecified atom stereocenters. The topological polar surface area (TPSA) is 93.6 Å². The summed E-state index contributed by atoms with van der Waals surface area (Å²) < 4.78 is 5.62. The van der Waals surface area contributed by atoms with Crippen LogP contribution >= 0.6 is 11.6 Å². The molecule has 7 rings (SSSR count). The van der Waals surface area contributed by atoms with Crippen molar-refractivity contribution in [1.29, 1.82) is 0 Å². The second-order valence-electron chi connectivity index (χ2n) is 11.5. The molecular weight excluding hydrogens is 564 g/mol. The summed E-state index contributed by atoms with van der Waals surface area (Å²) in [6.07, 6.45) is 2.02. The average molecular weight is 591 g/mol. The monoisotopic (exact) mass is 590 g/mol. The molecule has 1 aliphatic heterocycles. The Kier molecular flexibility index (Phi) is 6.51. The molecule has 0 spiro atoms. The van der Waals surface area contributed by atoms with Crippen molar-refractivity contribution in [3.05, 3.63) is 107 Å². The zero-order valence-corrected chi connectivity index (χ0v) is 24.2. The number of ketones is 1. The Balaban J connectivity index is 1.19. The number of hydrogen-bond acceptors (Lipinski definition) is 6. The number of ether oxygens (including phenoxy) is 1. The van der Waals surface area contributed by atoms with Gasteiger partial charge in [-0.15, -0.1) is 0 Å². The van der Waals surface area contributed by atoms with Gasteiger partial charge in [-0.25, -0.2) is 9.78 Å². The molecule has 43 heavy (non-hydrogen) atoms. The molecule has 1 aromatic heterocycles. The molecular formula is C35H27ClN2O5. The van der Waals surface area contributed by atoms with Crippen molar-refractivity contribution in [2.75, 3.05) is 4.90 Å². The molecule has 8 heteroatoms. The number of Topliss-reactive ketones (excluding diaryl/α,β-unsaturated/α-hetero) is 1. The van der Waals surface area contributed by atoms with Gasteiger partial charge in [0.1, 0.15) is 0 Å². The third-order valence-corrected chi connectivity index (χ3v) is 9.33. The highest BCUT2D eigenvalue weighted by Gasteiger charge is 2.60. The maximum Gasteiger partial charge on any atom is 0.339 e. The maximum atomic E-state index is 13.4. The molecule has 3 aromatic carbocycles. The van der Waals surface area contributed by atoms with Gasteiger partial charge in [0.15, 0.2) is 6.10 Å². The molecule has 5 atom stereocenters. The predicted molar refractivity (Wildman–Crippen MR) is 163 cm³/mol. The first kappa shape index (κ1) is 27.2. The highest BCUT2D eigenvalue weighted by Crippen LogP contribution is 2.56. The summed E-state index contributed by atoms with van der Waals surface area (Å²) in [5.41, 5.74) is 3.91. The number of benzene rings is 3. The first-order chi connectivity index (χ1) is 20.7. The van der Waals surface area contributed by atoms with Crippen LogP contribution in [0.5, 0.6) is 0 Å². The van der Waals surface area contributed by atoms with Crippen molar-refractivity contribution in [2.45, 2.75) is 26.4 Å². The third kappa shape index (κ3) is 4.38. The molecule has 1 saturated carbocycles. The van der Waals surface area contributed by atoms with E-state index in [1.165, 1.54) is 10.5 Å². The van der Waals surface area contributed by atoms with Gasteiger partial charge in [-0.3, -0.25) is 19.3 Å². The van der Waals surface area contributed by atoms with E-state index in [1.807, 2.05) is 13.0 Å². The van der Waals surface area contributed by atoms with E-state index in [2.05, 4.69) is 6.08 Å². The van der Waals surface area contributed by atoms with Gasteiger partial charge in [-0.1, -0.05) is 77.8 Å². The van der Waals surface area contributed by atoms with E-state index in [0.29, 0.717) is 38.4 Å². The third-order valence-electron chi connectivity index (χ3n) is 9.02. The summed E-state index contributed by atoms with van der Waals surface area (Å²) in [5.74, 6) is -1.55. The fraction of sp³-hybridized carbons (Fsp3) is 0.229. The van der Waals surface area contributed by atoms with Gasteiger partial charge in [-0.05, 0) is 56.4 Å². The zero-order valence-electron chi connectivity index (χ0n) is 23.5. The second-order valence-corrected chi connectivity index (χ2v) is 11.9. The second kappa shape index (κ2) is 10.3.